The number of nitrogens with zero attached hydrogens (tertiary/aromatic N) is 6. The second kappa shape index (κ2) is 11.4. The summed E-state index contributed by atoms with van der Waals surface area (Å²) in [5, 5.41) is 20.7. The number of hydrogen-bond acceptors (Lipinski definition) is 7. The normalized spacial score (nSPS) is 12.0. The van der Waals surface area contributed by atoms with Gasteiger partial charge in [-0.25, -0.2) is 4.39 Å². The van der Waals surface area contributed by atoms with Crippen LogP contribution in [0.4, 0.5) is 10.1 Å². The number of halogens is 1. The number of aromatic amines is 1. The van der Waals surface area contributed by atoms with Gasteiger partial charge in [-0.2, -0.15) is 5.21 Å². The Morgan fingerprint density at radius 1 is 1.07 bits per heavy atom. The van der Waals surface area contributed by atoms with Gasteiger partial charge in [0.15, 0.2) is 0 Å². The summed E-state index contributed by atoms with van der Waals surface area (Å²) in [6.45, 7) is 3.81. The molecule has 0 fully saturated rings. The highest BCUT2D eigenvalue weighted by Gasteiger charge is 2.17. The number of fused-ring (bicyclic) bond motifs is 1. The van der Waals surface area contributed by atoms with E-state index in [-0.39, 0.29) is 29.5 Å². The number of benzene rings is 2. The average molecular weight is 578 g/mol. The zero-order chi connectivity index (χ0) is 30.1. The fraction of sp³-hybridized carbons (Fsp3) is 0.161. The van der Waals surface area contributed by atoms with Crippen LogP contribution in [-0.4, -0.2) is 53.7 Å². The minimum atomic E-state index is -0.492. The molecule has 0 spiro atoms. The molecule has 6 aromatic rings. The number of aromatic nitrogens is 7. The van der Waals surface area contributed by atoms with E-state index in [1.807, 2.05) is 48.0 Å². The molecular formula is C31H28FN9O2. The first-order valence-electron chi connectivity index (χ1n) is 13.6. The Kier molecular flexibility index (Phi) is 7.34. The fourth-order valence-electron chi connectivity index (χ4n) is 5.01. The molecule has 0 saturated heterocycles. The van der Waals surface area contributed by atoms with Crippen molar-refractivity contribution in [1.82, 2.24) is 40.1 Å². The molecule has 6 rings (SSSR count). The lowest BCUT2D eigenvalue weighted by Gasteiger charge is -2.17. The van der Waals surface area contributed by atoms with Gasteiger partial charge in [0.1, 0.15) is 11.5 Å². The minimum Gasteiger partial charge on any atom is -0.320 e. The van der Waals surface area contributed by atoms with Crippen LogP contribution in [0.5, 0.6) is 0 Å². The first-order valence-corrected chi connectivity index (χ1v) is 13.6. The highest BCUT2D eigenvalue weighted by molar-refractivity contribution is 5.94. The average Bonchev–Trinajstić information content (AvgIpc) is 3.67. The number of anilines is 1. The molecule has 4 heterocycles. The second-order valence-corrected chi connectivity index (χ2v) is 10.2. The van der Waals surface area contributed by atoms with Crippen LogP contribution in [-0.2, 0) is 11.3 Å². The van der Waals surface area contributed by atoms with Crippen molar-refractivity contribution in [2.24, 2.45) is 0 Å². The summed E-state index contributed by atoms with van der Waals surface area (Å²) in [6, 6.07) is 17.0. The third-order valence-corrected chi connectivity index (χ3v) is 7.39. The molecule has 3 N–H and O–H groups in total. The highest BCUT2D eigenvalue weighted by Crippen LogP contribution is 2.27. The van der Waals surface area contributed by atoms with Gasteiger partial charge < -0.3 is 19.8 Å². The minimum absolute atomic E-state index is 0.156. The summed E-state index contributed by atoms with van der Waals surface area (Å²) in [6.07, 6.45) is 5.35. The Balaban J connectivity index is 1.44. The number of likely N-dealkylation sites (N-methyl/N-ethyl adjacent to an activating group) is 1. The number of pyridine rings is 2. The van der Waals surface area contributed by atoms with Gasteiger partial charge in [-0.15, -0.1) is 10.2 Å². The number of carbonyl (C=O) groups excluding carboxylic acids is 1. The molecule has 0 bridgehead atoms. The van der Waals surface area contributed by atoms with Crippen molar-refractivity contribution in [3.05, 3.63) is 107 Å². The van der Waals surface area contributed by atoms with Crippen molar-refractivity contribution in [3.8, 4) is 28.3 Å². The molecule has 12 heteroatoms. The molecule has 1 unspecified atom stereocenters. The van der Waals surface area contributed by atoms with Gasteiger partial charge in [-0.05, 0) is 85.3 Å². The van der Waals surface area contributed by atoms with Gasteiger partial charge >= 0.3 is 0 Å². The molecular weight excluding hydrogens is 549 g/mol. The Morgan fingerprint density at radius 3 is 2.70 bits per heavy atom. The van der Waals surface area contributed by atoms with E-state index in [4.69, 9.17) is 0 Å². The number of tetrazole rings is 1. The summed E-state index contributed by atoms with van der Waals surface area (Å²) in [5.41, 5.74) is 5.17. The van der Waals surface area contributed by atoms with E-state index in [1.165, 1.54) is 12.1 Å². The van der Waals surface area contributed by atoms with E-state index >= 15 is 0 Å². The van der Waals surface area contributed by atoms with Crippen molar-refractivity contribution < 1.29 is 9.18 Å². The monoisotopic (exact) mass is 577 g/mol. The van der Waals surface area contributed by atoms with Gasteiger partial charge in [-0.3, -0.25) is 14.6 Å². The molecule has 0 saturated carbocycles. The molecule has 4 aromatic heterocycles. The predicted molar refractivity (Wildman–Crippen MR) is 161 cm³/mol. The Bertz CT molecular complexity index is 2010. The molecule has 0 radical (unpaired) electrons. The number of H-pyrrole nitrogens is 1. The van der Waals surface area contributed by atoms with Gasteiger partial charge in [0, 0.05) is 23.3 Å². The number of nitrogens with one attached hydrogen (secondary N) is 3. The van der Waals surface area contributed by atoms with Crippen molar-refractivity contribution in [1.29, 1.82) is 0 Å². The third-order valence-electron chi connectivity index (χ3n) is 7.39. The summed E-state index contributed by atoms with van der Waals surface area (Å²) in [4.78, 5) is 31.0. The van der Waals surface area contributed by atoms with Crippen molar-refractivity contribution >= 4 is 22.5 Å². The number of aryl methyl sites for hydroxylation is 1. The Morgan fingerprint density at radius 2 is 1.91 bits per heavy atom. The summed E-state index contributed by atoms with van der Waals surface area (Å²) in [7, 11) is 1.67. The van der Waals surface area contributed by atoms with E-state index in [0.29, 0.717) is 11.5 Å². The quantitative estimate of drug-likeness (QED) is 0.248. The molecule has 0 aliphatic carbocycles. The molecule has 216 valence electrons. The first-order chi connectivity index (χ1) is 20.8. The van der Waals surface area contributed by atoms with Crippen molar-refractivity contribution in [3.63, 3.8) is 0 Å². The fourth-order valence-corrected chi connectivity index (χ4v) is 5.01. The third kappa shape index (κ3) is 5.43. The molecule has 2 aromatic carbocycles. The lowest BCUT2D eigenvalue weighted by Crippen LogP contribution is -2.37. The zero-order valence-corrected chi connectivity index (χ0v) is 23.7. The van der Waals surface area contributed by atoms with E-state index < -0.39 is 6.04 Å². The SMILES string of the molecule is CNC(C)C(=O)Nc1ccc(-c2cccc(-c3nn[nH]n3)c2)n(Cc2cncc(-n3cc(C)c4cc(F)ccc43)c2)c1=O. The largest absolute Gasteiger partial charge is 0.320 e. The van der Waals surface area contributed by atoms with Crippen molar-refractivity contribution in [2.75, 3.05) is 12.4 Å². The Labute approximate surface area is 245 Å². The van der Waals surface area contributed by atoms with Crippen LogP contribution in [0.2, 0.25) is 0 Å². The second-order valence-electron chi connectivity index (χ2n) is 10.2. The van der Waals surface area contributed by atoms with Gasteiger partial charge in [0.25, 0.3) is 5.56 Å². The van der Waals surface area contributed by atoms with Gasteiger partial charge in [-0.1, -0.05) is 18.2 Å². The predicted octanol–water partition coefficient (Wildman–Crippen LogP) is 4.08. The van der Waals surface area contributed by atoms with E-state index in [9.17, 15) is 14.0 Å². The maximum Gasteiger partial charge on any atom is 0.275 e. The lowest BCUT2D eigenvalue weighted by atomic mass is 10.1. The lowest BCUT2D eigenvalue weighted by molar-refractivity contribution is -0.117. The van der Waals surface area contributed by atoms with E-state index in [2.05, 4.69) is 36.2 Å². The van der Waals surface area contributed by atoms with E-state index in [1.54, 1.807) is 49.1 Å². The molecule has 0 aliphatic heterocycles. The zero-order valence-electron chi connectivity index (χ0n) is 23.7. The van der Waals surface area contributed by atoms with Crippen LogP contribution in [0.15, 0.2) is 84.0 Å². The van der Waals surface area contributed by atoms with Gasteiger partial charge in [0.2, 0.25) is 11.7 Å². The number of carbonyl (C=O) groups is 1. The first kappa shape index (κ1) is 27.7. The van der Waals surface area contributed by atoms with Crippen LogP contribution in [0, 0.1) is 12.7 Å². The topological polar surface area (TPSA) is 135 Å². The maximum atomic E-state index is 13.9. The van der Waals surface area contributed by atoms with E-state index in [0.717, 1.165) is 38.8 Å². The maximum absolute atomic E-state index is 13.9. The van der Waals surface area contributed by atoms with Crippen molar-refractivity contribution in [2.45, 2.75) is 26.4 Å². The number of rotatable bonds is 8. The van der Waals surface area contributed by atoms with Gasteiger partial charge in [0.05, 0.1) is 35.7 Å². The van der Waals surface area contributed by atoms with Crippen LogP contribution in [0.25, 0.3) is 39.2 Å². The highest BCUT2D eigenvalue weighted by atomic mass is 19.1. The molecule has 0 aliphatic rings. The molecule has 11 nitrogen and oxygen atoms in total. The summed E-state index contributed by atoms with van der Waals surface area (Å²) >= 11 is 0. The van der Waals surface area contributed by atoms with Crippen LogP contribution < -0.4 is 16.2 Å². The van der Waals surface area contributed by atoms with Crippen LogP contribution >= 0.6 is 0 Å². The van der Waals surface area contributed by atoms with Crippen LogP contribution in [0.1, 0.15) is 18.1 Å². The smallest absolute Gasteiger partial charge is 0.275 e. The standard InChI is InChI=1S/C31H28FN9O2/c1-18-16-40(28-9-7-23(32)13-25(18)28)24-11-20(14-34-15-24)17-41-27(10-8-26(31(41)43)35-30(42)19(2)33-3)21-5-4-6-22(12-21)29-36-38-39-37-29/h4-16,19,33H,17H2,1-3H3,(H,35,42)(H,36,37,38,39). The van der Waals surface area contributed by atoms with Crippen LogP contribution in [0.3, 0.4) is 0 Å². The number of hydrogen-bond donors (Lipinski definition) is 3. The number of amides is 1. The summed E-state index contributed by atoms with van der Waals surface area (Å²) in [5.74, 6) is -0.203. The Hall–Kier alpha value is -5.49. The summed E-state index contributed by atoms with van der Waals surface area (Å²) < 4.78 is 17.5. The molecule has 43 heavy (non-hydrogen) atoms. The molecule has 1 amide bonds. The molecule has 1 atom stereocenters.